The maximum absolute atomic E-state index is 10.7. The lowest BCUT2D eigenvalue weighted by atomic mass is 10.3. The number of nitrogens with zero attached hydrogens (tertiary/aromatic N) is 2. The fourth-order valence-electron chi connectivity index (χ4n) is 0.635. The van der Waals surface area contributed by atoms with Gasteiger partial charge in [0.25, 0.3) is 5.91 Å². The molecular formula is C5H7N3O2S. The maximum Gasteiger partial charge on any atom is 0.253 e. The molecule has 1 heterocycles. The Kier molecular flexibility index (Phi) is 2.50. The Morgan fingerprint density at radius 3 is 3.00 bits per heavy atom. The van der Waals surface area contributed by atoms with Crippen LogP contribution in [0.5, 0.6) is 0 Å². The average Bonchev–Trinajstić information content (AvgIpc) is 2.40. The standard InChI is InChI=1S/C5H7N3O2S/c1-10-3(4(6)9)5-8-7-2-11-5/h2-3H,1H3,(H2,6,9). The molecular weight excluding hydrogens is 166 g/mol. The number of carbonyl (C=O) groups excluding carboxylic acids is 1. The third kappa shape index (κ3) is 1.72. The summed E-state index contributed by atoms with van der Waals surface area (Å²) < 4.78 is 4.79. The van der Waals surface area contributed by atoms with E-state index in [0.717, 1.165) is 0 Å². The summed E-state index contributed by atoms with van der Waals surface area (Å²) in [6.45, 7) is 0. The van der Waals surface area contributed by atoms with E-state index in [1.165, 1.54) is 24.0 Å². The predicted octanol–water partition coefficient (Wildman–Crippen LogP) is -0.289. The van der Waals surface area contributed by atoms with Crippen molar-refractivity contribution in [2.45, 2.75) is 6.10 Å². The molecule has 11 heavy (non-hydrogen) atoms. The van der Waals surface area contributed by atoms with E-state index < -0.39 is 12.0 Å². The van der Waals surface area contributed by atoms with Gasteiger partial charge in [0.15, 0.2) is 11.1 Å². The first-order valence-electron chi connectivity index (χ1n) is 2.84. The van der Waals surface area contributed by atoms with Crippen LogP contribution in [0.25, 0.3) is 0 Å². The third-order valence-corrected chi connectivity index (χ3v) is 1.83. The number of hydrogen-bond acceptors (Lipinski definition) is 5. The number of methoxy groups -OCH3 is 1. The van der Waals surface area contributed by atoms with E-state index >= 15 is 0 Å². The van der Waals surface area contributed by atoms with E-state index in [1.807, 2.05) is 0 Å². The van der Waals surface area contributed by atoms with Gasteiger partial charge in [-0.15, -0.1) is 21.5 Å². The van der Waals surface area contributed by atoms with Crippen LogP contribution in [-0.2, 0) is 9.53 Å². The van der Waals surface area contributed by atoms with E-state index in [-0.39, 0.29) is 0 Å². The number of carbonyl (C=O) groups is 1. The van der Waals surface area contributed by atoms with Crippen molar-refractivity contribution in [3.63, 3.8) is 0 Å². The van der Waals surface area contributed by atoms with E-state index in [9.17, 15) is 4.79 Å². The van der Waals surface area contributed by atoms with Crippen LogP contribution in [0.2, 0.25) is 0 Å². The molecule has 1 rings (SSSR count). The molecule has 1 atom stereocenters. The van der Waals surface area contributed by atoms with Gasteiger partial charge in [-0.2, -0.15) is 0 Å². The Balaban J connectivity index is 2.79. The minimum Gasteiger partial charge on any atom is -0.367 e. The Hall–Kier alpha value is -1.01. The molecule has 1 aromatic heterocycles. The lowest BCUT2D eigenvalue weighted by Gasteiger charge is -2.05. The molecule has 0 bridgehead atoms. The quantitative estimate of drug-likeness (QED) is 0.681. The first-order valence-corrected chi connectivity index (χ1v) is 3.72. The number of aromatic nitrogens is 2. The van der Waals surface area contributed by atoms with Gasteiger partial charge in [0, 0.05) is 7.11 Å². The molecule has 0 saturated carbocycles. The monoisotopic (exact) mass is 173 g/mol. The molecule has 0 aromatic carbocycles. The van der Waals surface area contributed by atoms with Gasteiger partial charge >= 0.3 is 0 Å². The molecule has 1 amide bonds. The second-order valence-electron chi connectivity index (χ2n) is 1.80. The zero-order valence-corrected chi connectivity index (χ0v) is 6.67. The molecule has 1 unspecified atom stereocenters. The van der Waals surface area contributed by atoms with Gasteiger partial charge in [0.2, 0.25) is 0 Å². The first kappa shape index (κ1) is 8.09. The van der Waals surface area contributed by atoms with Gasteiger partial charge in [-0.25, -0.2) is 0 Å². The van der Waals surface area contributed by atoms with Crippen LogP contribution in [0, 0.1) is 0 Å². The summed E-state index contributed by atoms with van der Waals surface area (Å²) >= 11 is 1.24. The molecule has 5 nitrogen and oxygen atoms in total. The number of rotatable bonds is 3. The van der Waals surface area contributed by atoms with Gasteiger partial charge in [0.05, 0.1) is 0 Å². The van der Waals surface area contributed by atoms with E-state index in [2.05, 4.69) is 10.2 Å². The Bertz CT molecular complexity index is 236. The van der Waals surface area contributed by atoms with Gasteiger partial charge in [-0.05, 0) is 0 Å². The summed E-state index contributed by atoms with van der Waals surface area (Å²) in [6, 6.07) is 0. The van der Waals surface area contributed by atoms with Crippen molar-refractivity contribution in [3.8, 4) is 0 Å². The topological polar surface area (TPSA) is 78.1 Å². The summed E-state index contributed by atoms with van der Waals surface area (Å²) in [6.07, 6.45) is -0.762. The molecule has 0 aliphatic rings. The van der Waals surface area contributed by atoms with Gasteiger partial charge in [-0.1, -0.05) is 0 Å². The van der Waals surface area contributed by atoms with Crippen molar-refractivity contribution >= 4 is 17.2 Å². The molecule has 1 aromatic rings. The van der Waals surface area contributed by atoms with Gasteiger partial charge < -0.3 is 10.5 Å². The molecule has 0 aliphatic carbocycles. The Labute approximate surface area is 67.2 Å². The normalized spacial score (nSPS) is 12.8. The van der Waals surface area contributed by atoms with Gasteiger partial charge in [-0.3, -0.25) is 4.79 Å². The largest absolute Gasteiger partial charge is 0.367 e. The Morgan fingerprint density at radius 2 is 2.64 bits per heavy atom. The highest BCUT2D eigenvalue weighted by molar-refractivity contribution is 7.09. The van der Waals surface area contributed by atoms with Crippen molar-refractivity contribution in [3.05, 3.63) is 10.5 Å². The zero-order valence-electron chi connectivity index (χ0n) is 5.85. The molecule has 0 saturated heterocycles. The van der Waals surface area contributed by atoms with E-state index in [0.29, 0.717) is 5.01 Å². The average molecular weight is 173 g/mol. The van der Waals surface area contributed by atoms with Crippen LogP contribution in [0.15, 0.2) is 5.51 Å². The Morgan fingerprint density at radius 1 is 1.91 bits per heavy atom. The number of hydrogen-bond donors (Lipinski definition) is 1. The van der Waals surface area contributed by atoms with Crippen molar-refractivity contribution < 1.29 is 9.53 Å². The smallest absolute Gasteiger partial charge is 0.253 e. The number of primary amides is 1. The highest BCUT2D eigenvalue weighted by atomic mass is 32.1. The van der Waals surface area contributed by atoms with E-state index in [1.54, 1.807) is 0 Å². The van der Waals surface area contributed by atoms with Crippen LogP contribution >= 0.6 is 11.3 Å². The van der Waals surface area contributed by atoms with Crippen LogP contribution in [-0.4, -0.2) is 23.2 Å². The van der Waals surface area contributed by atoms with Crippen molar-refractivity contribution in [2.24, 2.45) is 5.73 Å². The van der Waals surface area contributed by atoms with Crippen LogP contribution in [0.4, 0.5) is 0 Å². The maximum atomic E-state index is 10.7. The summed E-state index contributed by atoms with van der Waals surface area (Å²) in [7, 11) is 1.40. The third-order valence-electron chi connectivity index (χ3n) is 1.10. The SMILES string of the molecule is COC(C(N)=O)c1nncs1. The first-order chi connectivity index (χ1) is 5.25. The van der Waals surface area contributed by atoms with Crippen molar-refractivity contribution in [1.82, 2.24) is 10.2 Å². The minimum atomic E-state index is -0.762. The number of nitrogens with two attached hydrogens (primary N) is 1. The summed E-state index contributed by atoms with van der Waals surface area (Å²) in [5.41, 5.74) is 6.53. The highest BCUT2D eigenvalue weighted by Crippen LogP contribution is 2.16. The second kappa shape index (κ2) is 3.40. The highest BCUT2D eigenvalue weighted by Gasteiger charge is 2.19. The molecule has 6 heteroatoms. The predicted molar refractivity (Wildman–Crippen MR) is 38.9 cm³/mol. The summed E-state index contributed by atoms with van der Waals surface area (Å²) in [5, 5.41) is 7.69. The molecule has 60 valence electrons. The van der Waals surface area contributed by atoms with E-state index in [4.69, 9.17) is 10.5 Å². The fraction of sp³-hybridized carbons (Fsp3) is 0.400. The van der Waals surface area contributed by atoms with Crippen molar-refractivity contribution in [2.75, 3.05) is 7.11 Å². The molecule has 0 radical (unpaired) electrons. The number of amides is 1. The molecule has 0 fully saturated rings. The summed E-state index contributed by atoms with van der Waals surface area (Å²) in [5.74, 6) is -0.552. The second-order valence-corrected chi connectivity index (χ2v) is 2.66. The zero-order chi connectivity index (χ0) is 8.27. The van der Waals surface area contributed by atoms with Crippen LogP contribution in [0.1, 0.15) is 11.1 Å². The molecule has 0 spiro atoms. The lowest BCUT2D eigenvalue weighted by molar-refractivity contribution is -0.128. The van der Waals surface area contributed by atoms with Gasteiger partial charge in [0.1, 0.15) is 5.51 Å². The molecule has 2 N–H and O–H groups in total. The van der Waals surface area contributed by atoms with Crippen molar-refractivity contribution in [1.29, 1.82) is 0 Å². The van der Waals surface area contributed by atoms with Crippen LogP contribution < -0.4 is 5.73 Å². The fourth-order valence-corrected chi connectivity index (χ4v) is 1.27. The lowest BCUT2D eigenvalue weighted by Crippen LogP contribution is -2.22. The minimum absolute atomic E-state index is 0.486. The summed E-state index contributed by atoms with van der Waals surface area (Å²) in [4.78, 5) is 10.7. The molecule has 0 aliphatic heterocycles. The van der Waals surface area contributed by atoms with Crippen LogP contribution in [0.3, 0.4) is 0 Å². The number of ether oxygens (including phenoxy) is 1.